The van der Waals surface area contributed by atoms with Crippen molar-refractivity contribution in [2.75, 3.05) is 33.2 Å². The monoisotopic (exact) mass is 169 g/mol. The van der Waals surface area contributed by atoms with Crippen molar-refractivity contribution in [3.63, 3.8) is 0 Å². The van der Waals surface area contributed by atoms with Gasteiger partial charge in [-0.25, -0.2) is 0 Å². The number of hydrogen-bond donors (Lipinski definition) is 1. The zero-order chi connectivity index (χ0) is 8.55. The molecule has 2 heterocycles. The van der Waals surface area contributed by atoms with Crippen molar-refractivity contribution in [2.24, 2.45) is 5.73 Å². The summed E-state index contributed by atoms with van der Waals surface area (Å²) in [5.41, 5.74) is 5.75. The largest absolute Gasteiger partial charge is 0.325 e. The second-order valence-corrected chi connectivity index (χ2v) is 4.27. The molecule has 2 aliphatic heterocycles. The fourth-order valence-corrected chi connectivity index (χ4v) is 2.28. The molecule has 2 saturated heterocycles. The topological polar surface area (TPSA) is 32.5 Å². The summed E-state index contributed by atoms with van der Waals surface area (Å²) in [6, 6.07) is 1.25. The molecule has 0 aromatic carbocycles. The average molecular weight is 169 g/mol. The van der Waals surface area contributed by atoms with Gasteiger partial charge < -0.3 is 10.6 Å². The van der Waals surface area contributed by atoms with Crippen LogP contribution in [0.25, 0.3) is 0 Å². The van der Waals surface area contributed by atoms with Gasteiger partial charge >= 0.3 is 0 Å². The molecule has 2 aliphatic rings. The molecule has 3 heteroatoms. The molecular formula is C9H19N3. The highest BCUT2D eigenvalue weighted by Crippen LogP contribution is 2.19. The van der Waals surface area contributed by atoms with E-state index in [9.17, 15) is 0 Å². The predicted molar refractivity (Wildman–Crippen MR) is 50.1 cm³/mol. The first-order valence-corrected chi connectivity index (χ1v) is 4.94. The minimum absolute atomic E-state index is 0.456. The van der Waals surface area contributed by atoms with Gasteiger partial charge in [-0.15, -0.1) is 0 Å². The van der Waals surface area contributed by atoms with Gasteiger partial charge in [-0.2, -0.15) is 0 Å². The summed E-state index contributed by atoms with van der Waals surface area (Å²) in [5.74, 6) is 0. The van der Waals surface area contributed by atoms with Crippen molar-refractivity contribution >= 4 is 0 Å². The minimum Gasteiger partial charge on any atom is -0.325 e. The van der Waals surface area contributed by atoms with Crippen LogP contribution in [0.2, 0.25) is 0 Å². The minimum atomic E-state index is 0.456. The predicted octanol–water partition coefficient (Wildman–Crippen LogP) is -0.276. The van der Waals surface area contributed by atoms with Gasteiger partial charge in [0.25, 0.3) is 0 Å². The molecule has 0 saturated carbocycles. The molecule has 0 spiro atoms. The molecular weight excluding hydrogens is 150 g/mol. The van der Waals surface area contributed by atoms with Gasteiger partial charge in [-0.3, -0.25) is 4.90 Å². The highest BCUT2D eigenvalue weighted by molar-refractivity contribution is 4.90. The van der Waals surface area contributed by atoms with Crippen LogP contribution in [0, 0.1) is 0 Å². The Bertz CT molecular complexity index is 154. The smallest absolute Gasteiger partial charge is 0.0297 e. The van der Waals surface area contributed by atoms with Gasteiger partial charge in [0.05, 0.1) is 0 Å². The van der Waals surface area contributed by atoms with Crippen LogP contribution < -0.4 is 5.73 Å². The molecule has 0 aliphatic carbocycles. The maximum absolute atomic E-state index is 5.75. The lowest BCUT2D eigenvalue weighted by molar-refractivity contribution is 0.0488. The van der Waals surface area contributed by atoms with Gasteiger partial charge in [0.1, 0.15) is 0 Å². The first kappa shape index (κ1) is 8.48. The lowest BCUT2D eigenvalue weighted by atomic mass is 9.99. The quantitative estimate of drug-likeness (QED) is 0.586. The van der Waals surface area contributed by atoms with Crippen LogP contribution in [0.15, 0.2) is 0 Å². The van der Waals surface area contributed by atoms with Crippen molar-refractivity contribution in [3.8, 4) is 0 Å². The lowest BCUT2D eigenvalue weighted by Gasteiger charge is -2.45. The Kier molecular flexibility index (Phi) is 2.35. The molecule has 0 amide bonds. The van der Waals surface area contributed by atoms with E-state index in [2.05, 4.69) is 16.8 Å². The third kappa shape index (κ3) is 1.63. The van der Waals surface area contributed by atoms with Crippen LogP contribution in [0.1, 0.15) is 12.8 Å². The van der Waals surface area contributed by atoms with Crippen LogP contribution in [0.4, 0.5) is 0 Å². The number of likely N-dealkylation sites (N-methyl/N-ethyl adjacent to an activating group) is 1. The zero-order valence-corrected chi connectivity index (χ0v) is 7.87. The molecule has 0 bridgehead atoms. The number of rotatable bonds is 1. The third-order valence-electron chi connectivity index (χ3n) is 3.05. The summed E-state index contributed by atoms with van der Waals surface area (Å²) in [7, 11) is 2.21. The highest BCUT2D eigenvalue weighted by atomic mass is 15.3. The molecule has 2 N–H and O–H groups in total. The maximum Gasteiger partial charge on any atom is 0.0297 e. The Morgan fingerprint density at radius 2 is 2.00 bits per heavy atom. The Morgan fingerprint density at radius 1 is 1.25 bits per heavy atom. The number of piperidine rings is 1. The van der Waals surface area contributed by atoms with Gasteiger partial charge in [0.2, 0.25) is 0 Å². The standard InChI is InChI=1S/C9H19N3/c1-11-4-2-3-9(7-11)12-5-8(10)6-12/h8-9H,2-7,10H2,1H3. The van der Waals surface area contributed by atoms with Crippen molar-refractivity contribution in [1.29, 1.82) is 0 Å². The molecule has 2 rings (SSSR count). The fourth-order valence-electron chi connectivity index (χ4n) is 2.28. The van der Waals surface area contributed by atoms with Gasteiger partial charge in [0.15, 0.2) is 0 Å². The van der Waals surface area contributed by atoms with Crippen molar-refractivity contribution in [2.45, 2.75) is 24.9 Å². The van der Waals surface area contributed by atoms with Crippen LogP contribution in [0.5, 0.6) is 0 Å². The maximum atomic E-state index is 5.75. The van der Waals surface area contributed by atoms with Crippen molar-refractivity contribution < 1.29 is 0 Å². The third-order valence-corrected chi connectivity index (χ3v) is 3.05. The number of likely N-dealkylation sites (tertiary alicyclic amines) is 2. The SMILES string of the molecule is CN1CCCC(N2CC(N)C2)C1. The highest BCUT2D eigenvalue weighted by Gasteiger charge is 2.31. The average Bonchev–Trinajstić information content (AvgIpc) is 1.99. The number of hydrogen-bond acceptors (Lipinski definition) is 3. The molecule has 1 unspecified atom stereocenters. The Balaban J connectivity index is 1.80. The lowest BCUT2D eigenvalue weighted by Crippen LogP contribution is -2.62. The first-order chi connectivity index (χ1) is 5.75. The molecule has 0 aromatic rings. The number of nitrogens with zero attached hydrogens (tertiary/aromatic N) is 2. The summed E-state index contributed by atoms with van der Waals surface area (Å²) in [6.07, 6.45) is 2.73. The van der Waals surface area contributed by atoms with E-state index >= 15 is 0 Å². The Labute approximate surface area is 74.5 Å². The van der Waals surface area contributed by atoms with Crippen LogP contribution >= 0.6 is 0 Å². The van der Waals surface area contributed by atoms with E-state index in [1.165, 1.54) is 25.9 Å². The molecule has 1 atom stereocenters. The van der Waals surface area contributed by atoms with E-state index in [1.54, 1.807) is 0 Å². The molecule has 0 radical (unpaired) electrons. The summed E-state index contributed by atoms with van der Waals surface area (Å²) < 4.78 is 0. The molecule has 70 valence electrons. The summed E-state index contributed by atoms with van der Waals surface area (Å²) in [6.45, 7) is 4.76. The molecule has 2 fully saturated rings. The number of nitrogens with two attached hydrogens (primary N) is 1. The molecule has 3 nitrogen and oxygen atoms in total. The Morgan fingerprint density at radius 3 is 2.58 bits per heavy atom. The van der Waals surface area contributed by atoms with Gasteiger partial charge in [0, 0.05) is 31.7 Å². The van der Waals surface area contributed by atoms with Gasteiger partial charge in [-0.05, 0) is 26.4 Å². The normalized spacial score (nSPS) is 35.0. The van der Waals surface area contributed by atoms with E-state index in [4.69, 9.17) is 5.73 Å². The first-order valence-electron chi connectivity index (χ1n) is 4.94. The second kappa shape index (κ2) is 3.32. The summed E-state index contributed by atoms with van der Waals surface area (Å²) >= 11 is 0. The molecule has 12 heavy (non-hydrogen) atoms. The van der Waals surface area contributed by atoms with E-state index in [1.807, 2.05) is 0 Å². The van der Waals surface area contributed by atoms with Gasteiger partial charge in [-0.1, -0.05) is 0 Å². The second-order valence-electron chi connectivity index (χ2n) is 4.27. The fraction of sp³-hybridized carbons (Fsp3) is 1.00. The zero-order valence-electron chi connectivity index (χ0n) is 7.87. The van der Waals surface area contributed by atoms with Crippen LogP contribution in [0.3, 0.4) is 0 Å². The van der Waals surface area contributed by atoms with Crippen molar-refractivity contribution in [1.82, 2.24) is 9.80 Å². The van der Waals surface area contributed by atoms with Crippen molar-refractivity contribution in [3.05, 3.63) is 0 Å². The summed E-state index contributed by atoms with van der Waals surface area (Å²) in [5, 5.41) is 0. The van der Waals surface area contributed by atoms with E-state index in [-0.39, 0.29) is 0 Å². The van der Waals surface area contributed by atoms with Crippen LogP contribution in [-0.4, -0.2) is 55.1 Å². The summed E-state index contributed by atoms with van der Waals surface area (Å²) in [4.78, 5) is 4.96. The van der Waals surface area contributed by atoms with Crippen LogP contribution in [-0.2, 0) is 0 Å². The Hall–Kier alpha value is -0.120. The van der Waals surface area contributed by atoms with E-state index < -0.39 is 0 Å². The van der Waals surface area contributed by atoms with E-state index in [0.717, 1.165) is 19.1 Å². The van der Waals surface area contributed by atoms with E-state index in [0.29, 0.717) is 6.04 Å². The molecule has 0 aromatic heterocycles.